The largest absolute Gasteiger partial charge is 0.316 e. The van der Waals surface area contributed by atoms with Gasteiger partial charge in [0.1, 0.15) is 0 Å². The Hall–Kier alpha value is -0.470. The van der Waals surface area contributed by atoms with E-state index in [2.05, 4.69) is 57.3 Å². The second-order valence-corrected chi connectivity index (χ2v) is 7.40. The van der Waals surface area contributed by atoms with Crippen LogP contribution in [0.5, 0.6) is 0 Å². The molecule has 0 aliphatic carbocycles. The molecule has 106 valence electrons. The van der Waals surface area contributed by atoms with Crippen molar-refractivity contribution < 1.29 is 0 Å². The van der Waals surface area contributed by atoms with Crippen molar-refractivity contribution in [3.63, 3.8) is 0 Å². The molecule has 1 aliphatic rings. The molecule has 1 nitrogen and oxygen atoms in total. The zero-order valence-electron chi connectivity index (χ0n) is 12.7. The first-order valence-electron chi connectivity index (χ1n) is 7.49. The summed E-state index contributed by atoms with van der Waals surface area (Å²) in [5.41, 5.74) is 1.97. The molecule has 2 unspecified atom stereocenters. The van der Waals surface area contributed by atoms with Crippen LogP contribution in [0, 0.1) is 11.3 Å². The topological polar surface area (TPSA) is 12.0 Å². The van der Waals surface area contributed by atoms with Crippen LogP contribution in [-0.4, -0.2) is 18.8 Å². The van der Waals surface area contributed by atoms with E-state index in [1.54, 1.807) is 5.56 Å². The zero-order chi connectivity index (χ0) is 13.9. The van der Waals surface area contributed by atoms with E-state index >= 15 is 0 Å². The first kappa shape index (κ1) is 14.9. The van der Waals surface area contributed by atoms with Crippen LogP contribution in [0.25, 0.3) is 0 Å². The molecule has 2 atom stereocenters. The summed E-state index contributed by atoms with van der Waals surface area (Å²) in [7, 11) is 0. The lowest BCUT2D eigenvalue weighted by atomic mass is 9.71. The average molecular weight is 277 g/mol. The molecule has 19 heavy (non-hydrogen) atoms. The Morgan fingerprint density at radius 1 is 1.37 bits per heavy atom. The number of hydrogen-bond acceptors (Lipinski definition) is 2. The number of thioether (sulfide) groups is 1. The fourth-order valence-electron chi connectivity index (χ4n) is 2.88. The van der Waals surface area contributed by atoms with Gasteiger partial charge in [-0.3, -0.25) is 0 Å². The van der Waals surface area contributed by atoms with Crippen LogP contribution >= 0.6 is 11.8 Å². The van der Waals surface area contributed by atoms with Crippen molar-refractivity contribution in [2.45, 2.75) is 44.9 Å². The van der Waals surface area contributed by atoms with Crippen molar-refractivity contribution in [1.29, 1.82) is 0 Å². The molecule has 1 N–H and O–H groups in total. The minimum atomic E-state index is 0.388. The highest BCUT2D eigenvalue weighted by molar-refractivity contribution is 7.99. The SMILES string of the molecule is CCNCC(C)(CC1CSc2ccccc21)C(C)C. The van der Waals surface area contributed by atoms with E-state index in [4.69, 9.17) is 0 Å². The van der Waals surface area contributed by atoms with Gasteiger partial charge in [0.25, 0.3) is 0 Å². The van der Waals surface area contributed by atoms with Gasteiger partial charge in [-0.15, -0.1) is 11.8 Å². The highest BCUT2D eigenvalue weighted by Crippen LogP contribution is 2.46. The second-order valence-electron chi connectivity index (χ2n) is 6.34. The summed E-state index contributed by atoms with van der Waals surface area (Å²) in [5, 5.41) is 3.56. The van der Waals surface area contributed by atoms with Crippen LogP contribution in [0.3, 0.4) is 0 Å². The molecular formula is C17H27NS. The molecule has 0 saturated heterocycles. The van der Waals surface area contributed by atoms with E-state index in [1.807, 2.05) is 11.8 Å². The van der Waals surface area contributed by atoms with Gasteiger partial charge in [-0.1, -0.05) is 45.9 Å². The molecule has 0 amide bonds. The quantitative estimate of drug-likeness (QED) is 0.819. The third-order valence-corrected chi connectivity index (χ3v) is 5.94. The summed E-state index contributed by atoms with van der Waals surface area (Å²) in [6.45, 7) is 11.6. The van der Waals surface area contributed by atoms with E-state index in [0.29, 0.717) is 11.3 Å². The first-order valence-corrected chi connectivity index (χ1v) is 8.48. The number of nitrogens with one attached hydrogen (secondary N) is 1. The average Bonchev–Trinajstić information content (AvgIpc) is 2.80. The monoisotopic (exact) mass is 277 g/mol. The van der Waals surface area contributed by atoms with Gasteiger partial charge >= 0.3 is 0 Å². The van der Waals surface area contributed by atoms with Crippen LogP contribution in [0.1, 0.15) is 45.6 Å². The number of fused-ring (bicyclic) bond motifs is 1. The molecule has 1 heterocycles. The maximum atomic E-state index is 3.56. The second kappa shape index (κ2) is 6.32. The Morgan fingerprint density at radius 2 is 2.11 bits per heavy atom. The predicted molar refractivity (Wildman–Crippen MR) is 86.0 cm³/mol. The summed E-state index contributed by atoms with van der Waals surface area (Å²) in [6.07, 6.45) is 1.29. The summed E-state index contributed by atoms with van der Waals surface area (Å²) < 4.78 is 0. The Bertz CT molecular complexity index is 415. The van der Waals surface area contributed by atoms with Gasteiger partial charge in [-0.2, -0.15) is 0 Å². The molecule has 1 aromatic carbocycles. The van der Waals surface area contributed by atoms with Crippen LogP contribution in [-0.2, 0) is 0 Å². The van der Waals surface area contributed by atoms with Gasteiger partial charge in [0.15, 0.2) is 0 Å². The standard InChI is InChI=1S/C17H27NS/c1-5-18-12-17(4,13(2)3)10-14-11-19-16-9-7-6-8-15(14)16/h6-9,13-14,18H,5,10-12H2,1-4H3. The van der Waals surface area contributed by atoms with Gasteiger partial charge < -0.3 is 5.32 Å². The predicted octanol–water partition coefficient (Wildman–Crippen LogP) is 4.54. The zero-order valence-corrected chi connectivity index (χ0v) is 13.5. The van der Waals surface area contributed by atoms with Crippen LogP contribution in [0.4, 0.5) is 0 Å². The normalized spacial score (nSPS) is 21.4. The third-order valence-electron chi connectivity index (χ3n) is 4.68. The van der Waals surface area contributed by atoms with E-state index in [1.165, 1.54) is 17.1 Å². The maximum Gasteiger partial charge on any atom is 0.0107 e. The highest BCUT2D eigenvalue weighted by Gasteiger charge is 2.34. The van der Waals surface area contributed by atoms with Crippen molar-refractivity contribution in [1.82, 2.24) is 5.32 Å². The molecular weight excluding hydrogens is 250 g/mol. The fourth-order valence-corrected chi connectivity index (χ4v) is 4.14. The van der Waals surface area contributed by atoms with Crippen LogP contribution in [0.15, 0.2) is 29.2 Å². The van der Waals surface area contributed by atoms with Crippen LogP contribution in [0.2, 0.25) is 0 Å². The van der Waals surface area contributed by atoms with Gasteiger partial charge in [0.2, 0.25) is 0 Å². The Morgan fingerprint density at radius 3 is 2.79 bits per heavy atom. The van der Waals surface area contributed by atoms with Gasteiger partial charge in [0.05, 0.1) is 0 Å². The number of rotatable bonds is 6. The molecule has 0 spiro atoms. The molecule has 1 aromatic rings. The van der Waals surface area contributed by atoms with Crippen molar-refractivity contribution in [2.24, 2.45) is 11.3 Å². The third kappa shape index (κ3) is 3.35. The lowest BCUT2D eigenvalue weighted by Crippen LogP contribution is -2.37. The Balaban J connectivity index is 2.11. The van der Waals surface area contributed by atoms with Gasteiger partial charge in [-0.25, -0.2) is 0 Å². The van der Waals surface area contributed by atoms with Crippen LogP contribution < -0.4 is 5.32 Å². The molecule has 2 rings (SSSR count). The molecule has 2 heteroatoms. The fraction of sp³-hybridized carbons (Fsp3) is 0.647. The Labute approximate surface area is 122 Å². The summed E-state index contributed by atoms with van der Waals surface area (Å²) in [5.74, 6) is 2.70. The van der Waals surface area contributed by atoms with Crippen molar-refractivity contribution in [3.8, 4) is 0 Å². The van der Waals surface area contributed by atoms with E-state index in [9.17, 15) is 0 Å². The summed E-state index contributed by atoms with van der Waals surface area (Å²) >= 11 is 2.03. The highest BCUT2D eigenvalue weighted by atomic mass is 32.2. The molecule has 0 fully saturated rings. The van der Waals surface area contributed by atoms with E-state index in [-0.39, 0.29) is 0 Å². The Kier molecular flexibility index (Phi) is 4.97. The molecule has 0 saturated carbocycles. The molecule has 0 radical (unpaired) electrons. The minimum Gasteiger partial charge on any atom is -0.316 e. The van der Waals surface area contributed by atoms with E-state index in [0.717, 1.165) is 19.0 Å². The van der Waals surface area contributed by atoms with Gasteiger partial charge in [-0.05, 0) is 41.8 Å². The first-order chi connectivity index (χ1) is 9.07. The smallest absolute Gasteiger partial charge is 0.0107 e. The summed E-state index contributed by atoms with van der Waals surface area (Å²) in [4.78, 5) is 1.50. The van der Waals surface area contributed by atoms with Crippen molar-refractivity contribution in [3.05, 3.63) is 29.8 Å². The maximum absolute atomic E-state index is 3.56. The van der Waals surface area contributed by atoms with Crippen molar-refractivity contribution in [2.75, 3.05) is 18.8 Å². The lowest BCUT2D eigenvalue weighted by molar-refractivity contribution is 0.181. The molecule has 1 aliphatic heterocycles. The molecule has 0 bridgehead atoms. The van der Waals surface area contributed by atoms with Gasteiger partial charge in [0, 0.05) is 17.2 Å². The number of hydrogen-bond donors (Lipinski definition) is 1. The lowest BCUT2D eigenvalue weighted by Gasteiger charge is -2.36. The van der Waals surface area contributed by atoms with Crippen molar-refractivity contribution >= 4 is 11.8 Å². The molecule has 0 aromatic heterocycles. The summed E-state index contributed by atoms with van der Waals surface area (Å²) in [6, 6.07) is 8.95. The minimum absolute atomic E-state index is 0.388. The van der Waals surface area contributed by atoms with E-state index < -0.39 is 0 Å². The number of benzene rings is 1.